The average Bonchev–Trinajstić information content (AvgIpc) is 2.39. The molecular formula is C14H21FN2O. The lowest BCUT2D eigenvalue weighted by atomic mass is 10.0. The van der Waals surface area contributed by atoms with Gasteiger partial charge in [0, 0.05) is 25.2 Å². The van der Waals surface area contributed by atoms with Crippen LogP contribution in [0.3, 0.4) is 0 Å². The zero-order valence-corrected chi connectivity index (χ0v) is 11.0. The van der Waals surface area contributed by atoms with E-state index in [4.69, 9.17) is 10.5 Å². The second-order valence-corrected chi connectivity index (χ2v) is 4.99. The lowest BCUT2D eigenvalue weighted by Gasteiger charge is -2.38. The summed E-state index contributed by atoms with van der Waals surface area (Å²) in [5, 5.41) is 0. The van der Waals surface area contributed by atoms with Crippen molar-refractivity contribution in [1.29, 1.82) is 0 Å². The summed E-state index contributed by atoms with van der Waals surface area (Å²) in [5.41, 5.74) is 7.01. The molecule has 0 aliphatic carbocycles. The topological polar surface area (TPSA) is 38.5 Å². The van der Waals surface area contributed by atoms with Gasteiger partial charge in [0.1, 0.15) is 5.82 Å². The van der Waals surface area contributed by atoms with Crippen LogP contribution in [-0.4, -0.2) is 36.7 Å². The fourth-order valence-corrected chi connectivity index (χ4v) is 2.32. The van der Waals surface area contributed by atoms with Crippen LogP contribution in [0.4, 0.5) is 4.39 Å². The van der Waals surface area contributed by atoms with Crippen molar-refractivity contribution in [1.82, 2.24) is 4.90 Å². The van der Waals surface area contributed by atoms with Gasteiger partial charge < -0.3 is 10.5 Å². The van der Waals surface area contributed by atoms with Crippen LogP contribution in [0.25, 0.3) is 0 Å². The summed E-state index contributed by atoms with van der Waals surface area (Å²) in [6, 6.07) is 7.00. The number of rotatable bonds is 3. The first kappa shape index (κ1) is 13.5. The van der Waals surface area contributed by atoms with Crippen molar-refractivity contribution in [3.63, 3.8) is 0 Å². The highest BCUT2D eigenvalue weighted by Crippen LogP contribution is 2.23. The summed E-state index contributed by atoms with van der Waals surface area (Å²) in [5.74, 6) is -0.193. The van der Waals surface area contributed by atoms with E-state index in [1.165, 1.54) is 12.1 Å². The first-order valence-corrected chi connectivity index (χ1v) is 6.44. The van der Waals surface area contributed by atoms with Crippen molar-refractivity contribution in [3.05, 3.63) is 35.6 Å². The molecule has 0 amide bonds. The van der Waals surface area contributed by atoms with Gasteiger partial charge in [-0.25, -0.2) is 4.39 Å². The quantitative estimate of drug-likeness (QED) is 0.893. The van der Waals surface area contributed by atoms with Crippen molar-refractivity contribution in [2.75, 3.05) is 19.7 Å². The van der Waals surface area contributed by atoms with Gasteiger partial charge in [0.15, 0.2) is 0 Å². The van der Waals surface area contributed by atoms with Crippen molar-refractivity contribution in [3.8, 4) is 0 Å². The van der Waals surface area contributed by atoms with Gasteiger partial charge in [0.25, 0.3) is 0 Å². The average molecular weight is 252 g/mol. The predicted octanol–water partition coefficient (Wildman–Crippen LogP) is 1.93. The molecule has 4 heteroatoms. The molecule has 0 spiro atoms. The smallest absolute Gasteiger partial charge is 0.123 e. The Morgan fingerprint density at radius 2 is 2.00 bits per heavy atom. The van der Waals surface area contributed by atoms with Crippen LogP contribution in [0.5, 0.6) is 0 Å². The number of nitrogens with zero attached hydrogens (tertiary/aromatic N) is 1. The molecule has 3 nitrogen and oxygen atoms in total. The molecule has 1 aliphatic rings. The van der Waals surface area contributed by atoms with Gasteiger partial charge >= 0.3 is 0 Å². The number of benzene rings is 1. The van der Waals surface area contributed by atoms with E-state index in [-0.39, 0.29) is 24.0 Å². The second kappa shape index (κ2) is 5.78. The summed E-state index contributed by atoms with van der Waals surface area (Å²) in [6.07, 6.45) is 0.0849. The number of morpholine rings is 1. The number of halogens is 1. The van der Waals surface area contributed by atoms with Crippen LogP contribution in [0, 0.1) is 5.82 Å². The molecule has 1 aliphatic heterocycles. The van der Waals surface area contributed by atoms with E-state index in [1.807, 2.05) is 19.1 Å². The molecule has 1 fully saturated rings. The summed E-state index contributed by atoms with van der Waals surface area (Å²) in [7, 11) is 0. The standard InChI is InChI=1S/C14H21FN2O/c1-10(16)14-9-17(7-8-18-14)11(2)12-3-5-13(15)6-4-12/h3-6,10-11,14H,7-9,16H2,1-2H3. The molecule has 1 saturated heterocycles. The number of nitrogens with two attached hydrogens (primary N) is 1. The Morgan fingerprint density at radius 1 is 1.33 bits per heavy atom. The highest BCUT2D eigenvalue weighted by Gasteiger charge is 2.26. The largest absolute Gasteiger partial charge is 0.374 e. The molecule has 18 heavy (non-hydrogen) atoms. The van der Waals surface area contributed by atoms with Crippen molar-refractivity contribution < 1.29 is 9.13 Å². The first-order chi connectivity index (χ1) is 8.58. The highest BCUT2D eigenvalue weighted by atomic mass is 19.1. The van der Waals surface area contributed by atoms with Gasteiger partial charge in [0.05, 0.1) is 12.7 Å². The fraction of sp³-hybridized carbons (Fsp3) is 0.571. The van der Waals surface area contributed by atoms with E-state index in [9.17, 15) is 4.39 Å². The van der Waals surface area contributed by atoms with Gasteiger partial charge in [-0.05, 0) is 31.5 Å². The Kier molecular flexibility index (Phi) is 4.32. The maximum atomic E-state index is 12.9. The molecule has 2 rings (SSSR count). The molecule has 1 heterocycles. The number of ether oxygens (including phenoxy) is 1. The number of hydrogen-bond donors (Lipinski definition) is 1. The molecule has 0 bridgehead atoms. The summed E-state index contributed by atoms with van der Waals surface area (Å²) >= 11 is 0. The normalized spacial score (nSPS) is 24.8. The van der Waals surface area contributed by atoms with E-state index >= 15 is 0 Å². The zero-order chi connectivity index (χ0) is 13.1. The SMILES string of the molecule is CC(N)C1CN(C(C)c2ccc(F)cc2)CCO1. The van der Waals surface area contributed by atoms with Gasteiger partial charge in [-0.15, -0.1) is 0 Å². The molecular weight excluding hydrogens is 231 g/mol. The maximum absolute atomic E-state index is 12.9. The van der Waals surface area contributed by atoms with Crippen molar-refractivity contribution in [2.24, 2.45) is 5.73 Å². The van der Waals surface area contributed by atoms with E-state index in [2.05, 4.69) is 11.8 Å². The minimum absolute atomic E-state index is 0.0354. The van der Waals surface area contributed by atoms with E-state index in [0.717, 1.165) is 18.7 Å². The van der Waals surface area contributed by atoms with Crippen LogP contribution < -0.4 is 5.73 Å². The van der Waals surface area contributed by atoms with E-state index < -0.39 is 0 Å². The van der Waals surface area contributed by atoms with Crippen LogP contribution in [0.15, 0.2) is 24.3 Å². The minimum atomic E-state index is -0.193. The Morgan fingerprint density at radius 3 is 2.61 bits per heavy atom. The third-order valence-corrected chi connectivity index (χ3v) is 3.61. The van der Waals surface area contributed by atoms with Crippen molar-refractivity contribution in [2.45, 2.75) is 32.0 Å². The summed E-state index contributed by atoms with van der Waals surface area (Å²) in [4.78, 5) is 2.34. The predicted molar refractivity (Wildman–Crippen MR) is 69.8 cm³/mol. The van der Waals surface area contributed by atoms with Crippen LogP contribution >= 0.6 is 0 Å². The summed E-state index contributed by atoms with van der Waals surface area (Å²) < 4.78 is 18.6. The van der Waals surface area contributed by atoms with Crippen molar-refractivity contribution >= 4 is 0 Å². The van der Waals surface area contributed by atoms with Crippen LogP contribution in [0.1, 0.15) is 25.5 Å². The molecule has 1 aromatic carbocycles. The second-order valence-electron chi connectivity index (χ2n) is 4.99. The first-order valence-electron chi connectivity index (χ1n) is 6.44. The molecule has 0 saturated carbocycles. The zero-order valence-electron chi connectivity index (χ0n) is 11.0. The lowest BCUT2D eigenvalue weighted by Crippen LogP contribution is -2.50. The van der Waals surface area contributed by atoms with E-state index in [0.29, 0.717) is 6.61 Å². The molecule has 3 unspecified atom stereocenters. The summed E-state index contributed by atoms with van der Waals surface area (Å²) in [6.45, 7) is 6.53. The minimum Gasteiger partial charge on any atom is -0.374 e. The fourth-order valence-electron chi connectivity index (χ4n) is 2.32. The third kappa shape index (κ3) is 3.07. The molecule has 1 aromatic rings. The van der Waals surface area contributed by atoms with E-state index in [1.54, 1.807) is 0 Å². The molecule has 0 radical (unpaired) electrons. The lowest BCUT2D eigenvalue weighted by molar-refractivity contribution is -0.0498. The van der Waals surface area contributed by atoms with Crippen LogP contribution in [-0.2, 0) is 4.74 Å². The highest BCUT2D eigenvalue weighted by molar-refractivity contribution is 5.19. The Hall–Kier alpha value is -0.970. The maximum Gasteiger partial charge on any atom is 0.123 e. The van der Waals surface area contributed by atoms with Gasteiger partial charge in [-0.2, -0.15) is 0 Å². The van der Waals surface area contributed by atoms with Crippen LogP contribution in [0.2, 0.25) is 0 Å². The molecule has 3 atom stereocenters. The molecule has 2 N–H and O–H groups in total. The Bertz CT molecular complexity index is 380. The molecule has 100 valence electrons. The Balaban J connectivity index is 2.04. The monoisotopic (exact) mass is 252 g/mol. The molecule has 0 aromatic heterocycles. The van der Waals surface area contributed by atoms with Gasteiger partial charge in [0.2, 0.25) is 0 Å². The van der Waals surface area contributed by atoms with Gasteiger partial charge in [-0.1, -0.05) is 12.1 Å². The third-order valence-electron chi connectivity index (χ3n) is 3.61. The number of hydrogen-bond acceptors (Lipinski definition) is 3. The van der Waals surface area contributed by atoms with Gasteiger partial charge in [-0.3, -0.25) is 4.90 Å². The Labute approximate surface area is 108 Å².